The minimum atomic E-state index is -0.421. The number of allylic oxidation sites excluding steroid dienone is 1. The Balaban J connectivity index is 1.83. The van der Waals surface area contributed by atoms with E-state index in [4.69, 9.17) is 9.26 Å². The van der Waals surface area contributed by atoms with Crippen molar-refractivity contribution >= 4 is 23.5 Å². The molecule has 0 saturated heterocycles. The molecule has 0 bridgehead atoms. The highest BCUT2D eigenvalue weighted by molar-refractivity contribution is 8.00. The van der Waals surface area contributed by atoms with Crippen LogP contribution in [0.1, 0.15) is 12.7 Å². The number of hydrogen-bond donors (Lipinski definition) is 1. The predicted octanol–water partition coefficient (Wildman–Crippen LogP) is 3.56. The van der Waals surface area contributed by atoms with Crippen molar-refractivity contribution in [2.24, 2.45) is 0 Å². The number of benzene rings is 1. The number of nitrogens with one attached hydrogen (secondary N) is 1. The van der Waals surface area contributed by atoms with Gasteiger partial charge in [-0.1, -0.05) is 35.1 Å². The summed E-state index contributed by atoms with van der Waals surface area (Å²) in [4.78, 5) is 12.5. The van der Waals surface area contributed by atoms with Crippen LogP contribution >= 0.6 is 11.8 Å². The van der Waals surface area contributed by atoms with Gasteiger partial charge in [-0.2, -0.15) is 0 Å². The molecule has 3 aromatic rings. The van der Waals surface area contributed by atoms with Crippen LogP contribution in [-0.2, 0) is 11.3 Å². The molecule has 0 radical (unpaired) electrons. The van der Waals surface area contributed by atoms with Crippen molar-refractivity contribution in [3.05, 3.63) is 48.7 Å². The number of ether oxygens (including phenoxy) is 1. The van der Waals surface area contributed by atoms with Crippen molar-refractivity contribution in [3.8, 4) is 17.1 Å². The number of aromatic nitrogens is 4. The highest BCUT2D eigenvalue weighted by atomic mass is 32.2. The SMILES string of the molecule is C=CCn1c(S[C@@H](C)C(=O)Nc2cc(C)on2)nnc1-c1ccccc1OC. The number of rotatable bonds is 8. The Labute approximate surface area is 167 Å². The smallest absolute Gasteiger partial charge is 0.238 e. The van der Waals surface area contributed by atoms with Gasteiger partial charge in [-0.05, 0) is 26.0 Å². The first kappa shape index (κ1) is 19.7. The van der Waals surface area contributed by atoms with E-state index in [0.29, 0.717) is 34.9 Å². The maximum Gasteiger partial charge on any atom is 0.238 e. The fourth-order valence-electron chi connectivity index (χ4n) is 2.56. The molecule has 1 aromatic carbocycles. The third-order valence-electron chi connectivity index (χ3n) is 3.91. The zero-order valence-corrected chi connectivity index (χ0v) is 16.7. The molecule has 28 heavy (non-hydrogen) atoms. The first-order valence-corrected chi connectivity index (χ1v) is 9.49. The molecular formula is C19H21N5O3S. The monoisotopic (exact) mass is 399 g/mol. The summed E-state index contributed by atoms with van der Waals surface area (Å²) in [6, 6.07) is 9.25. The van der Waals surface area contributed by atoms with Gasteiger partial charge >= 0.3 is 0 Å². The number of amides is 1. The third-order valence-corrected chi connectivity index (χ3v) is 4.99. The van der Waals surface area contributed by atoms with Crippen molar-refractivity contribution in [1.82, 2.24) is 19.9 Å². The van der Waals surface area contributed by atoms with Gasteiger partial charge in [-0.15, -0.1) is 16.8 Å². The van der Waals surface area contributed by atoms with Crippen LogP contribution in [0, 0.1) is 6.92 Å². The summed E-state index contributed by atoms with van der Waals surface area (Å²) in [5, 5.41) is 15.3. The van der Waals surface area contributed by atoms with E-state index in [1.165, 1.54) is 11.8 Å². The van der Waals surface area contributed by atoms with Gasteiger partial charge in [0.2, 0.25) is 5.91 Å². The fourth-order valence-corrected chi connectivity index (χ4v) is 3.42. The molecule has 9 heteroatoms. The van der Waals surface area contributed by atoms with E-state index in [1.54, 1.807) is 33.1 Å². The summed E-state index contributed by atoms with van der Waals surface area (Å²) in [6.45, 7) is 7.87. The number of carbonyl (C=O) groups excluding carboxylic acids is 1. The Kier molecular flexibility index (Phi) is 6.15. The van der Waals surface area contributed by atoms with Gasteiger partial charge in [0, 0.05) is 12.6 Å². The quantitative estimate of drug-likeness (QED) is 0.457. The molecule has 0 aliphatic heterocycles. The molecule has 0 saturated carbocycles. The molecule has 146 valence electrons. The Bertz CT molecular complexity index is 982. The lowest BCUT2D eigenvalue weighted by molar-refractivity contribution is -0.115. The molecule has 0 unspecified atom stereocenters. The number of aryl methyl sites for hydroxylation is 1. The van der Waals surface area contributed by atoms with Crippen LogP contribution in [0.4, 0.5) is 5.82 Å². The zero-order chi connectivity index (χ0) is 20.1. The number of anilines is 1. The Morgan fingerprint density at radius 2 is 2.21 bits per heavy atom. The van der Waals surface area contributed by atoms with Crippen molar-refractivity contribution < 1.29 is 14.1 Å². The summed E-state index contributed by atoms with van der Waals surface area (Å²) in [6.07, 6.45) is 1.76. The van der Waals surface area contributed by atoms with E-state index >= 15 is 0 Å². The van der Waals surface area contributed by atoms with E-state index in [0.717, 1.165) is 5.56 Å². The minimum absolute atomic E-state index is 0.203. The largest absolute Gasteiger partial charge is 0.496 e. The van der Waals surface area contributed by atoms with Crippen molar-refractivity contribution in [3.63, 3.8) is 0 Å². The number of nitrogens with zero attached hydrogens (tertiary/aromatic N) is 4. The van der Waals surface area contributed by atoms with Gasteiger partial charge in [0.15, 0.2) is 16.8 Å². The number of para-hydroxylation sites is 1. The first-order chi connectivity index (χ1) is 13.5. The molecule has 8 nitrogen and oxygen atoms in total. The van der Waals surface area contributed by atoms with Crippen LogP contribution in [-0.4, -0.2) is 38.2 Å². The van der Waals surface area contributed by atoms with Crippen LogP contribution in [0.25, 0.3) is 11.4 Å². The van der Waals surface area contributed by atoms with Crippen LogP contribution in [0.5, 0.6) is 5.75 Å². The molecule has 3 rings (SSSR count). The van der Waals surface area contributed by atoms with Crippen molar-refractivity contribution in [2.75, 3.05) is 12.4 Å². The maximum absolute atomic E-state index is 12.5. The molecular weight excluding hydrogens is 378 g/mol. The lowest BCUT2D eigenvalue weighted by Gasteiger charge is -2.13. The number of thioether (sulfide) groups is 1. The van der Waals surface area contributed by atoms with Crippen LogP contribution in [0.15, 0.2) is 52.7 Å². The van der Waals surface area contributed by atoms with Gasteiger partial charge in [0.1, 0.15) is 11.5 Å². The summed E-state index contributed by atoms with van der Waals surface area (Å²) in [5.41, 5.74) is 0.821. The second-order valence-electron chi connectivity index (χ2n) is 5.98. The number of methoxy groups -OCH3 is 1. The highest BCUT2D eigenvalue weighted by Crippen LogP contribution is 2.32. The molecule has 1 amide bonds. The first-order valence-electron chi connectivity index (χ1n) is 8.61. The molecule has 2 heterocycles. The molecule has 0 aliphatic rings. The summed E-state index contributed by atoms with van der Waals surface area (Å²) in [5.74, 6) is 2.16. The van der Waals surface area contributed by atoms with Gasteiger partial charge in [-0.3, -0.25) is 9.36 Å². The average molecular weight is 399 g/mol. The fraction of sp³-hybridized carbons (Fsp3) is 0.263. The van der Waals surface area contributed by atoms with E-state index in [9.17, 15) is 4.79 Å². The second kappa shape index (κ2) is 8.75. The second-order valence-corrected chi connectivity index (χ2v) is 7.29. The molecule has 0 fully saturated rings. The number of hydrogen-bond acceptors (Lipinski definition) is 7. The molecule has 1 atom stereocenters. The van der Waals surface area contributed by atoms with Crippen LogP contribution in [0.3, 0.4) is 0 Å². The summed E-state index contributed by atoms with van der Waals surface area (Å²) < 4.78 is 12.3. The van der Waals surface area contributed by atoms with Gasteiger partial charge < -0.3 is 14.6 Å². The van der Waals surface area contributed by atoms with Gasteiger partial charge in [0.05, 0.1) is 17.9 Å². The highest BCUT2D eigenvalue weighted by Gasteiger charge is 2.22. The van der Waals surface area contributed by atoms with E-state index < -0.39 is 5.25 Å². The predicted molar refractivity (Wildman–Crippen MR) is 107 cm³/mol. The van der Waals surface area contributed by atoms with E-state index in [1.807, 2.05) is 28.8 Å². The minimum Gasteiger partial charge on any atom is -0.496 e. The van der Waals surface area contributed by atoms with E-state index in [-0.39, 0.29) is 5.91 Å². The van der Waals surface area contributed by atoms with Crippen molar-refractivity contribution in [2.45, 2.75) is 30.8 Å². The Hall–Kier alpha value is -3.07. The lowest BCUT2D eigenvalue weighted by Crippen LogP contribution is -2.23. The van der Waals surface area contributed by atoms with Gasteiger partial charge in [-0.25, -0.2) is 0 Å². The Morgan fingerprint density at radius 3 is 2.89 bits per heavy atom. The van der Waals surface area contributed by atoms with Crippen LogP contribution < -0.4 is 10.1 Å². The third kappa shape index (κ3) is 4.25. The standard InChI is InChI=1S/C19H21N5O3S/c1-5-10-24-17(14-8-6-7-9-15(14)26-4)21-22-19(24)28-13(3)18(25)20-16-11-12(2)27-23-16/h5-9,11,13H,1,10H2,2-4H3,(H,20,23,25)/t13-/m0/s1. The lowest BCUT2D eigenvalue weighted by atomic mass is 10.2. The molecule has 1 N–H and O–H groups in total. The van der Waals surface area contributed by atoms with Crippen LogP contribution in [0.2, 0.25) is 0 Å². The topological polar surface area (TPSA) is 95.1 Å². The normalized spacial score (nSPS) is 11.8. The average Bonchev–Trinajstić information content (AvgIpc) is 3.28. The van der Waals surface area contributed by atoms with Gasteiger partial charge in [0.25, 0.3) is 0 Å². The maximum atomic E-state index is 12.5. The Morgan fingerprint density at radius 1 is 1.43 bits per heavy atom. The zero-order valence-electron chi connectivity index (χ0n) is 15.9. The summed E-state index contributed by atoms with van der Waals surface area (Å²) >= 11 is 1.30. The van der Waals surface area contributed by atoms with E-state index in [2.05, 4.69) is 27.2 Å². The van der Waals surface area contributed by atoms with Crippen molar-refractivity contribution in [1.29, 1.82) is 0 Å². The molecule has 2 aromatic heterocycles. The molecule has 0 spiro atoms. The molecule has 0 aliphatic carbocycles. The number of carbonyl (C=O) groups is 1. The summed E-state index contributed by atoms with van der Waals surface area (Å²) in [7, 11) is 1.61.